The van der Waals surface area contributed by atoms with Crippen LogP contribution in [0.25, 0.3) is 0 Å². The number of carbonyl (C=O) groups is 2. The first kappa shape index (κ1) is 12.3. The lowest BCUT2D eigenvalue weighted by molar-refractivity contribution is -0.154. The predicted octanol–water partition coefficient (Wildman–Crippen LogP) is -0.541. The van der Waals surface area contributed by atoms with Crippen LogP contribution in [0.5, 0.6) is 0 Å². The van der Waals surface area contributed by atoms with E-state index in [1.165, 1.54) is 0 Å². The molecule has 0 radical (unpaired) electrons. The number of aliphatic carboxylic acids is 1. The zero-order chi connectivity index (χ0) is 12.4. The van der Waals surface area contributed by atoms with E-state index in [-0.39, 0.29) is 18.4 Å². The standard InChI is InChI=1S/C11H17NO5/c13-6-7-3-4-12(5-7)10(14)8-1-2-9(17-8)11(15)16/h7-9,13H,1-6H2,(H,15,16). The molecule has 0 aliphatic carbocycles. The molecule has 2 aliphatic heterocycles. The molecule has 17 heavy (non-hydrogen) atoms. The number of carboxylic acids is 1. The van der Waals surface area contributed by atoms with Crippen LogP contribution < -0.4 is 0 Å². The van der Waals surface area contributed by atoms with Crippen molar-refractivity contribution in [2.24, 2.45) is 5.92 Å². The first-order chi connectivity index (χ1) is 8.11. The van der Waals surface area contributed by atoms with E-state index in [4.69, 9.17) is 14.9 Å². The van der Waals surface area contributed by atoms with Gasteiger partial charge < -0.3 is 19.8 Å². The van der Waals surface area contributed by atoms with Gasteiger partial charge >= 0.3 is 5.97 Å². The Hall–Kier alpha value is -1.14. The zero-order valence-corrected chi connectivity index (χ0v) is 9.54. The number of amides is 1. The lowest BCUT2D eigenvalue weighted by atomic mass is 10.1. The third kappa shape index (κ3) is 2.58. The molecule has 96 valence electrons. The van der Waals surface area contributed by atoms with E-state index in [9.17, 15) is 9.59 Å². The molecule has 0 bridgehead atoms. The fraction of sp³-hybridized carbons (Fsp3) is 0.818. The number of carbonyl (C=O) groups excluding carboxylic acids is 1. The molecular weight excluding hydrogens is 226 g/mol. The average Bonchev–Trinajstić information content (AvgIpc) is 2.97. The predicted molar refractivity (Wildman–Crippen MR) is 57.3 cm³/mol. The van der Waals surface area contributed by atoms with Crippen molar-refractivity contribution in [3.8, 4) is 0 Å². The molecule has 0 aromatic carbocycles. The quantitative estimate of drug-likeness (QED) is 0.695. The van der Waals surface area contributed by atoms with Gasteiger partial charge in [-0.2, -0.15) is 0 Å². The highest BCUT2D eigenvalue weighted by Gasteiger charge is 2.38. The number of carboxylic acid groups (broad SMARTS) is 1. The average molecular weight is 243 g/mol. The summed E-state index contributed by atoms with van der Waals surface area (Å²) in [5, 5.41) is 17.8. The Balaban J connectivity index is 1.87. The maximum Gasteiger partial charge on any atom is 0.332 e. The van der Waals surface area contributed by atoms with Crippen LogP contribution in [0, 0.1) is 5.92 Å². The van der Waals surface area contributed by atoms with Gasteiger partial charge in [-0.1, -0.05) is 0 Å². The number of nitrogens with zero attached hydrogens (tertiary/aromatic N) is 1. The molecule has 0 saturated carbocycles. The van der Waals surface area contributed by atoms with Crippen LogP contribution in [-0.2, 0) is 14.3 Å². The molecule has 0 aromatic heterocycles. The van der Waals surface area contributed by atoms with Crippen molar-refractivity contribution in [2.45, 2.75) is 31.5 Å². The van der Waals surface area contributed by atoms with Crippen LogP contribution in [-0.4, -0.2) is 58.9 Å². The van der Waals surface area contributed by atoms with Crippen LogP contribution in [0.4, 0.5) is 0 Å². The summed E-state index contributed by atoms with van der Waals surface area (Å²) >= 11 is 0. The van der Waals surface area contributed by atoms with Gasteiger partial charge in [-0.05, 0) is 19.3 Å². The lowest BCUT2D eigenvalue weighted by Gasteiger charge is -2.20. The normalized spacial score (nSPS) is 33.0. The number of hydrogen-bond donors (Lipinski definition) is 2. The summed E-state index contributed by atoms with van der Waals surface area (Å²) in [5.41, 5.74) is 0. The van der Waals surface area contributed by atoms with Crippen LogP contribution in [0.15, 0.2) is 0 Å². The molecule has 2 rings (SSSR count). The summed E-state index contributed by atoms with van der Waals surface area (Å²) in [6, 6.07) is 0. The maximum absolute atomic E-state index is 12.0. The summed E-state index contributed by atoms with van der Waals surface area (Å²) in [7, 11) is 0. The van der Waals surface area contributed by atoms with Crippen molar-refractivity contribution in [3.05, 3.63) is 0 Å². The molecule has 2 N–H and O–H groups in total. The minimum absolute atomic E-state index is 0.0903. The van der Waals surface area contributed by atoms with Gasteiger partial charge in [-0.3, -0.25) is 4.79 Å². The van der Waals surface area contributed by atoms with E-state index < -0.39 is 18.2 Å². The summed E-state index contributed by atoms with van der Waals surface area (Å²) in [5.74, 6) is -0.990. The number of ether oxygens (including phenoxy) is 1. The number of aliphatic hydroxyl groups is 1. The number of rotatable bonds is 3. The molecule has 0 spiro atoms. The SMILES string of the molecule is O=C(O)C1CCC(C(=O)N2CCC(CO)C2)O1. The van der Waals surface area contributed by atoms with Crippen LogP contribution >= 0.6 is 0 Å². The molecule has 2 aliphatic rings. The van der Waals surface area contributed by atoms with Gasteiger partial charge in [-0.15, -0.1) is 0 Å². The first-order valence-electron chi connectivity index (χ1n) is 5.89. The van der Waals surface area contributed by atoms with Gasteiger partial charge in [-0.25, -0.2) is 4.79 Å². The molecule has 1 amide bonds. The third-order valence-electron chi connectivity index (χ3n) is 3.43. The van der Waals surface area contributed by atoms with Crippen molar-refractivity contribution in [3.63, 3.8) is 0 Å². The second-order valence-corrected chi connectivity index (χ2v) is 4.65. The molecule has 3 atom stereocenters. The molecule has 3 unspecified atom stereocenters. The fourth-order valence-corrected chi connectivity index (χ4v) is 2.39. The third-order valence-corrected chi connectivity index (χ3v) is 3.43. The van der Waals surface area contributed by atoms with Crippen molar-refractivity contribution in [2.75, 3.05) is 19.7 Å². The van der Waals surface area contributed by atoms with E-state index in [0.717, 1.165) is 6.42 Å². The van der Waals surface area contributed by atoms with Crippen LogP contribution in [0.3, 0.4) is 0 Å². The number of hydrogen-bond acceptors (Lipinski definition) is 4. The summed E-state index contributed by atoms with van der Waals surface area (Å²) in [6.45, 7) is 1.27. The molecule has 6 nitrogen and oxygen atoms in total. The minimum atomic E-state index is -1.00. The zero-order valence-electron chi connectivity index (χ0n) is 9.54. The maximum atomic E-state index is 12.0. The molecule has 6 heteroatoms. The van der Waals surface area contributed by atoms with Crippen LogP contribution in [0.1, 0.15) is 19.3 Å². The van der Waals surface area contributed by atoms with Gasteiger partial charge in [0.15, 0.2) is 6.10 Å². The summed E-state index contributed by atoms with van der Waals surface area (Å²) < 4.78 is 5.21. The Kier molecular flexibility index (Phi) is 3.63. The van der Waals surface area contributed by atoms with Gasteiger partial charge in [0.25, 0.3) is 5.91 Å². The monoisotopic (exact) mass is 243 g/mol. The fourth-order valence-electron chi connectivity index (χ4n) is 2.39. The summed E-state index contributed by atoms with van der Waals surface area (Å²) in [6.07, 6.45) is 0.199. The first-order valence-corrected chi connectivity index (χ1v) is 5.89. The van der Waals surface area contributed by atoms with Gasteiger partial charge in [0.2, 0.25) is 0 Å². The largest absolute Gasteiger partial charge is 0.479 e. The highest BCUT2D eigenvalue weighted by molar-refractivity contribution is 5.83. The van der Waals surface area contributed by atoms with E-state index in [0.29, 0.717) is 25.9 Å². The number of likely N-dealkylation sites (tertiary alicyclic amines) is 1. The molecule has 2 fully saturated rings. The Labute approximate surface area is 99.2 Å². The lowest BCUT2D eigenvalue weighted by Crippen LogP contribution is -2.38. The highest BCUT2D eigenvalue weighted by atomic mass is 16.5. The molecular formula is C11H17NO5. The minimum Gasteiger partial charge on any atom is -0.479 e. The van der Waals surface area contributed by atoms with Gasteiger partial charge in [0.05, 0.1) is 0 Å². The van der Waals surface area contributed by atoms with Gasteiger partial charge in [0.1, 0.15) is 6.10 Å². The van der Waals surface area contributed by atoms with Crippen molar-refractivity contribution >= 4 is 11.9 Å². The Bertz CT molecular complexity index is 319. The molecule has 0 aromatic rings. The van der Waals surface area contributed by atoms with Crippen molar-refractivity contribution < 1.29 is 24.5 Å². The summed E-state index contributed by atoms with van der Waals surface area (Å²) in [4.78, 5) is 24.4. The smallest absolute Gasteiger partial charge is 0.332 e. The molecule has 2 heterocycles. The topological polar surface area (TPSA) is 87.1 Å². The van der Waals surface area contributed by atoms with Gasteiger partial charge in [0, 0.05) is 25.6 Å². The second-order valence-electron chi connectivity index (χ2n) is 4.65. The number of aliphatic hydroxyl groups excluding tert-OH is 1. The second kappa shape index (κ2) is 5.01. The van der Waals surface area contributed by atoms with E-state index >= 15 is 0 Å². The Morgan fingerprint density at radius 2 is 1.94 bits per heavy atom. The molecule has 2 saturated heterocycles. The van der Waals surface area contributed by atoms with Crippen molar-refractivity contribution in [1.82, 2.24) is 4.90 Å². The van der Waals surface area contributed by atoms with Crippen molar-refractivity contribution in [1.29, 1.82) is 0 Å². The highest BCUT2D eigenvalue weighted by Crippen LogP contribution is 2.24. The Morgan fingerprint density at radius 1 is 1.24 bits per heavy atom. The van der Waals surface area contributed by atoms with E-state index in [2.05, 4.69) is 0 Å². The van der Waals surface area contributed by atoms with Crippen LogP contribution in [0.2, 0.25) is 0 Å². The van der Waals surface area contributed by atoms with E-state index in [1.807, 2.05) is 0 Å². The Morgan fingerprint density at radius 3 is 2.47 bits per heavy atom. The van der Waals surface area contributed by atoms with E-state index in [1.54, 1.807) is 4.90 Å².